The summed E-state index contributed by atoms with van der Waals surface area (Å²) in [6, 6.07) is 17.4. The highest BCUT2D eigenvalue weighted by molar-refractivity contribution is 5.97. The van der Waals surface area contributed by atoms with Crippen molar-refractivity contribution in [1.82, 2.24) is 40.3 Å². The van der Waals surface area contributed by atoms with Crippen LogP contribution in [-0.2, 0) is 13.1 Å². The fourth-order valence-corrected chi connectivity index (χ4v) is 5.40. The van der Waals surface area contributed by atoms with E-state index in [2.05, 4.69) is 59.4 Å². The molecule has 1 aliphatic rings. The van der Waals surface area contributed by atoms with Crippen LogP contribution in [0, 0.1) is 5.82 Å². The Kier molecular flexibility index (Phi) is 6.62. The predicted octanol–water partition coefficient (Wildman–Crippen LogP) is 4.74. The minimum Gasteiger partial charge on any atom is -0.352 e. The van der Waals surface area contributed by atoms with Crippen LogP contribution >= 0.6 is 0 Å². The van der Waals surface area contributed by atoms with E-state index in [-0.39, 0.29) is 5.82 Å². The van der Waals surface area contributed by atoms with E-state index in [1.807, 2.05) is 48.8 Å². The van der Waals surface area contributed by atoms with E-state index in [4.69, 9.17) is 4.98 Å². The summed E-state index contributed by atoms with van der Waals surface area (Å²) in [6.45, 7) is 5.12. The van der Waals surface area contributed by atoms with Gasteiger partial charge in [-0.25, -0.2) is 14.4 Å². The quantitative estimate of drug-likeness (QED) is 0.265. The van der Waals surface area contributed by atoms with Crippen LogP contribution in [0.2, 0.25) is 0 Å². The lowest BCUT2D eigenvalue weighted by atomic mass is 10.0. The van der Waals surface area contributed by atoms with E-state index in [1.165, 1.54) is 11.6 Å². The van der Waals surface area contributed by atoms with Crippen LogP contribution in [-0.4, -0.2) is 68.3 Å². The molecule has 3 N–H and O–H groups in total. The highest BCUT2D eigenvalue weighted by Gasteiger charge is 2.21. The molecule has 0 saturated carbocycles. The van der Waals surface area contributed by atoms with Gasteiger partial charge in [0.2, 0.25) is 0 Å². The molecular weight excluding hydrogens is 517 g/mol. The summed E-state index contributed by atoms with van der Waals surface area (Å²) in [5, 5.41) is 11.7. The summed E-state index contributed by atoms with van der Waals surface area (Å²) in [5.74, 6) is 1.15. The van der Waals surface area contributed by atoms with Crippen LogP contribution in [0.25, 0.3) is 44.6 Å². The molecule has 5 heterocycles. The number of hydrogen-bond acceptors (Lipinski definition) is 7. The zero-order chi connectivity index (χ0) is 27.8. The third-order valence-electron chi connectivity index (χ3n) is 7.67. The van der Waals surface area contributed by atoms with E-state index < -0.39 is 0 Å². The van der Waals surface area contributed by atoms with Gasteiger partial charge in [0.05, 0.1) is 11.0 Å². The van der Waals surface area contributed by atoms with Crippen molar-refractivity contribution in [3.63, 3.8) is 0 Å². The number of rotatable bonds is 7. The topological polar surface area (TPSA) is 102 Å². The molecule has 1 fully saturated rings. The van der Waals surface area contributed by atoms with Gasteiger partial charge >= 0.3 is 0 Å². The third-order valence-corrected chi connectivity index (χ3v) is 7.67. The molecular formula is C31H30FN9. The summed E-state index contributed by atoms with van der Waals surface area (Å²) in [6.07, 6.45) is 5.31. The largest absolute Gasteiger partial charge is 0.352 e. The highest BCUT2D eigenvalue weighted by atomic mass is 19.1. The van der Waals surface area contributed by atoms with E-state index in [9.17, 15) is 0 Å². The standard InChI is InChI=1S/C31H30FN9/c1-40-9-11-41(12-10-40)31-29-26(7-8-35-31)36-30(37-29)28-24-14-23(25(32)15-27(24)38-39-28)22-13-21(18-34-19-22)17-33-16-20-5-3-2-4-6-20/h2-8,13-15,18-19,33H,9-12,16-17H2,1H3,(H,36,37)(H,38,39). The fraction of sp³-hybridized carbons (Fsp3) is 0.226. The summed E-state index contributed by atoms with van der Waals surface area (Å²) in [5.41, 5.74) is 6.30. The average Bonchev–Trinajstić information content (AvgIpc) is 3.62. The lowest BCUT2D eigenvalue weighted by Gasteiger charge is -2.33. The van der Waals surface area contributed by atoms with E-state index in [0.717, 1.165) is 60.5 Å². The van der Waals surface area contributed by atoms with Crippen LogP contribution in [0.3, 0.4) is 0 Å². The molecule has 0 atom stereocenters. The van der Waals surface area contributed by atoms with Crippen LogP contribution in [0.15, 0.2) is 73.2 Å². The molecule has 0 radical (unpaired) electrons. The second kappa shape index (κ2) is 10.7. The van der Waals surface area contributed by atoms with Gasteiger partial charge in [-0.2, -0.15) is 5.10 Å². The van der Waals surface area contributed by atoms with Crippen molar-refractivity contribution in [3.05, 3.63) is 90.1 Å². The molecule has 0 spiro atoms. The van der Waals surface area contributed by atoms with Gasteiger partial charge in [-0.3, -0.25) is 10.1 Å². The number of nitrogens with one attached hydrogen (secondary N) is 3. The SMILES string of the molecule is CN1CCN(c2nccc3[nH]c(-c4n[nH]c5cc(F)c(-c6cncc(CNCc7ccccc7)c6)cc45)nc23)CC1. The van der Waals surface area contributed by atoms with Gasteiger partial charge in [0.15, 0.2) is 11.6 Å². The van der Waals surface area contributed by atoms with Crippen LogP contribution in [0.5, 0.6) is 0 Å². The zero-order valence-corrected chi connectivity index (χ0v) is 22.7. The first kappa shape index (κ1) is 25.3. The molecule has 0 amide bonds. The van der Waals surface area contributed by atoms with Gasteiger partial charge in [-0.15, -0.1) is 0 Å². The number of likely N-dealkylation sites (N-methyl/N-ethyl adjacent to an activating group) is 1. The zero-order valence-electron chi connectivity index (χ0n) is 22.7. The molecule has 41 heavy (non-hydrogen) atoms. The lowest BCUT2D eigenvalue weighted by molar-refractivity contribution is 0.312. The molecule has 6 aromatic rings. The molecule has 9 nitrogen and oxygen atoms in total. The second-order valence-electron chi connectivity index (χ2n) is 10.5. The number of benzene rings is 2. The van der Waals surface area contributed by atoms with E-state index >= 15 is 4.39 Å². The normalized spacial score (nSPS) is 14.3. The first-order chi connectivity index (χ1) is 20.1. The predicted molar refractivity (Wildman–Crippen MR) is 159 cm³/mol. The van der Waals surface area contributed by atoms with Crippen LogP contribution in [0.4, 0.5) is 10.2 Å². The number of aromatic nitrogens is 6. The first-order valence-corrected chi connectivity index (χ1v) is 13.8. The molecule has 0 aliphatic carbocycles. The number of nitrogens with zero attached hydrogens (tertiary/aromatic N) is 6. The van der Waals surface area contributed by atoms with Gasteiger partial charge in [0.25, 0.3) is 0 Å². The highest BCUT2D eigenvalue weighted by Crippen LogP contribution is 2.33. The monoisotopic (exact) mass is 547 g/mol. The number of pyridine rings is 2. The molecule has 4 aromatic heterocycles. The minimum atomic E-state index is -0.338. The van der Waals surface area contributed by atoms with Crippen molar-refractivity contribution in [2.45, 2.75) is 13.1 Å². The first-order valence-electron chi connectivity index (χ1n) is 13.8. The fourth-order valence-electron chi connectivity index (χ4n) is 5.40. The minimum absolute atomic E-state index is 0.338. The smallest absolute Gasteiger partial charge is 0.159 e. The van der Waals surface area contributed by atoms with Gasteiger partial charge in [0, 0.05) is 80.4 Å². The number of fused-ring (bicyclic) bond motifs is 2. The Morgan fingerprint density at radius 2 is 1.76 bits per heavy atom. The number of aromatic amines is 2. The molecule has 0 unspecified atom stereocenters. The number of anilines is 1. The van der Waals surface area contributed by atoms with Gasteiger partial charge in [-0.05, 0) is 36.4 Å². The maximum Gasteiger partial charge on any atom is 0.159 e. The van der Waals surface area contributed by atoms with Crippen LogP contribution < -0.4 is 10.2 Å². The van der Waals surface area contributed by atoms with Gasteiger partial charge in [0.1, 0.15) is 17.0 Å². The lowest BCUT2D eigenvalue weighted by Crippen LogP contribution is -2.44. The van der Waals surface area contributed by atoms with Crippen molar-refractivity contribution in [2.75, 3.05) is 38.1 Å². The Bertz CT molecular complexity index is 1820. The van der Waals surface area contributed by atoms with E-state index in [1.54, 1.807) is 6.20 Å². The number of piperazine rings is 1. The van der Waals surface area contributed by atoms with Gasteiger partial charge in [-0.1, -0.05) is 30.3 Å². The maximum absolute atomic E-state index is 15.3. The average molecular weight is 548 g/mol. The van der Waals surface area contributed by atoms with Crippen LogP contribution in [0.1, 0.15) is 11.1 Å². The summed E-state index contributed by atoms with van der Waals surface area (Å²) < 4.78 is 15.3. The van der Waals surface area contributed by atoms with Crippen molar-refractivity contribution >= 4 is 27.8 Å². The maximum atomic E-state index is 15.3. The van der Waals surface area contributed by atoms with Crippen molar-refractivity contribution in [3.8, 4) is 22.6 Å². The van der Waals surface area contributed by atoms with Crippen molar-refractivity contribution in [2.24, 2.45) is 0 Å². The Morgan fingerprint density at radius 3 is 2.61 bits per heavy atom. The van der Waals surface area contributed by atoms with Gasteiger partial charge < -0.3 is 20.1 Å². The molecule has 1 aliphatic heterocycles. The Labute approximate surface area is 236 Å². The number of hydrogen-bond donors (Lipinski definition) is 3. The number of imidazole rings is 1. The summed E-state index contributed by atoms with van der Waals surface area (Å²) in [4.78, 5) is 22.0. The number of H-pyrrole nitrogens is 2. The summed E-state index contributed by atoms with van der Waals surface area (Å²) >= 11 is 0. The molecule has 10 heteroatoms. The Hall–Kier alpha value is -4.67. The molecule has 2 aromatic carbocycles. The summed E-state index contributed by atoms with van der Waals surface area (Å²) in [7, 11) is 2.13. The molecule has 0 bridgehead atoms. The van der Waals surface area contributed by atoms with Crippen molar-refractivity contribution in [1.29, 1.82) is 0 Å². The third kappa shape index (κ3) is 5.03. The second-order valence-corrected chi connectivity index (χ2v) is 10.5. The molecule has 1 saturated heterocycles. The number of halogens is 1. The molecule has 7 rings (SSSR count). The Balaban J connectivity index is 1.19. The Morgan fingerprint density at radius 1 is 0.927 bits per heavy atom. The van der Waals surface area contributed by atoms with Crippen molar-refractivity contribution < 1.29 is 4.39 Å². The van der Waals surface area contributed by atoms with E-state index in [0.29, 0.717) is 34.7 Å². The molecule has 206 valence electrons.